The van der Waals surface area contributed by atoms with E-state index in [-0.39, 0.29) is 22.1 Å². The van der Waals surface area contributed by atoms with Gasteiger partial charge in [0.2, 0.25) is 0 Å². The lowest BCUT2D eigenvalue weighted by Crippen LogP contribution is -2.35. The fraction of sp³-hybridized carbons (Fsp3) is 0.190. The molecule has 1 N–H and O–H groups in total. The molecule has 0 radical (unpaired) electrons. The van der Waals surface area contributed by atoms with E-state index in [1.165, 1.54) is 33.3 Å². The second kappa shape index (κ2) is 9.40. The molecule has 1 heterocycles. The summed E-state index contributed by atoms with van der Waals surface area (Å²) in [5, 5.41) is 1.27. The highest BCUT2D eigenvalue weighted by Crippen LogP contribution is 2.44. The number of hydrogen-bond acceptors (Lipinski definition) is 6. The van der Waals surface area contributed by atoms with Crippen LogP contribution >= 0.6 is 27.5 Å². The van der Waals surface area contributed by atoms with Crippen LogP contribution in [0.25, 0.3) is 6.08 Å². The predicted molar refractivity (Wildman–Crippen MR) is 118 cm³/mol. The zero-order chi connectivity index (χ0) is 22.7. The quantitative estimate of drug-likeness (QED) is 0.364. The molecule has 0 saturated carbocycles. The minimum Gasteiger partial charge on any atom is -0.493 e. The average Bonchev–Trinajstić information content (AvgIpc) is 3.06. The Morgan fingerprint density at radius 1 is 1.23 bits per heavy atom. The number of benzene rings is 2. The van der Waals surface area contributed by atoms with Crippen LogP contribution in [0.1, 0.15) is 12.5 Å². The second-order valence-corrected chi connectivity index (χ2v) is 7.55. The molecule has 1 fully saturated rings. The number of methoxy groups -OCH3 is 2. The molecule has 0 spiro atoms. The van der Waals surface area contributed by atoms with Gasteiger partial charge in [-0.2, -0.15) is 0 Å². The standard InChI is InChI=1S/C21H18BrClN2O6/c1-11(21(28)30-3)31-18-15(29-2)10-12(16(22)17(18)23)9-14-19(26)24-25(20(14)27)13-7-5-4-6-8-13/h4-11H,1-3H3,(H,24,26)/b14-9-/t11-/m1/s1. The first-order valence-electron chi connectivity index (χ1n) is 9.01. The number of hydrazine groups is 1. The van der Waals surface area contributed by atoms with Crippen molar-refractivity contribution in [1.82, 2.24) is 5.43 Å². The average molecular weight is 510 g/mol. The summed E-state index contributed by atoms with van der Waals surface area (Å²) in [5.74, 6) is -1.34. The molecule has 1 aliphatic heterocycles. The van der Waals surface area contributed by atoms with Gasteiger partial charge in [0.05, 0.1) is 19.9 Å². The summed E-state index contributed by atoms with van der Waals surface area (Å²) < 4.78 is 16.0. The van der Waals surface area contributed by atoms with Gasteiger partial charge in [-0.05, 0) is 52.7 Å². The lowest BCUT2D eigenvalue weighted by atomic mass is 10.1. The van der Waals surface area contributed by atoms with Crippen molar-refractivity contribution in [2.75, 3.05) is 19.2 Å². The van der Waals surface area contributed by atoms with Crippen molar-refractivity contribution in [3.05, 3.63) is 57.0 Å². The van der Waals surface area contributed by atoms with Crippen LogP contribution in [0, 0.1) is 0 Å². The lowest BCUT2D eigenvalue weighted by Gasteiger charge is -2.18. The van der Waals surface area contributed by atoms with Crippen molar-refractivity contribution >= 4 is 57.1 Å². The molecular weight excluding hydrogens is 492 g/mol. The number of anilines is 1. The number of hydrogen-bond donors (Lipinski definition) is 1. The molecule has 8 nitrogen and oxygen atoms in total. The minimum absolute atomic E-state index is 0.0840. The molecule has 2 aromatic rings. The Morgan fingerprint density at radius 2 is 1.90 bits per heavy atom. The molecule has 2 amide bonds. The van der Waals surface area contributed by atoms with E-state index >= 15 is 0 Å². The topological polar surface area (TPSA) is 94.2 Å². The summed E-state index contributed by atoms with van der Waals surface area (Å²) in [4.78, 5) is 36.9. The lowest BCUT2D eigenvalue weighted by molar-refractivity contribution is -0.148. The first-order chi connectivity index (χ1) is 14.8. The number of nitrogens with one attached hydrogen (secondary N) is 1. The maximum absolute atomic E-state index is 12.8. The van der Waals surface area contributed by atoms with E-state index in [0.29, 0.717) is 15.7 Å². The van der Waals surface area contributed by atoms with Crippen LogP contribution in [0.4, 0.5) is 5.69 Å². The molecule has 2 aromatic carbocycles. The molecule has 0 aromatic heterocycles. The van der Waals surface area contributed by atoms with Gasteiger partial charge in [0.25, 0.3) is 11.8 Å². The number of halogens is 2. The highest BCUT2D eigenvalue weighted by Gasteiger charge is 2.35. The zero-order valence-electron chi connectivity index (χ0n) is 16.8. The molecular formula is C21H18BrClN2O6. The van der Waals surface area contributed by atoms with Crippen LogP contribution in [0.3, 0.4) is 0 Å². The second-order valence-electron chi connectivity index (χ2n) is 6.38. The van der Waals surface area contributed by atoms with E-state index in [4.69, 9.17) is 21.1 Å². The predicted octanol–water partition coefficient (Wildman–Crippen LogP) is 3.51. The zero-order valence-corrected chi connectivity index (χ0v) is 19.1. The molecule has 10 heteroatoms. The van der Waals surface area contributed by atoms with E-state index in [1.807, 2.05) is 0 Å². The highest BCUT2D eigenvalue weighted by molar-refractivity contribution is 9.10. The summed E-state index contributed by atoms with van der Waals surface area (Å²) in [5.41, 5.74) is 3.38. The summed E-state index contributed by atoms with van der Waals surface area (Å²) in [6.45, 7) is 1.51. The van der Waals surface area contributed by atoms with Crippen LogP contribution in [-0.2, 0) is 19.1 Å². The monoisotopic (exact) mass is 508 g/mol. The van der Waals surface area contributed by atoms with Gasteiger partial charge in [0.15, 0.2) is 17.6 Å². The molecule has 1 saturated heterocycles. The molecule has 0 unspecified atom stereocenters. The van der Waals surface area contributed by atoms with E-state index < -0.39 is 23.9 Å². The van der Waals surface area contributed by atoms with Gasteiger partial charge in [-0.3, -0.25) is 15.0 Å². The largest absolute Gasteiger partial charge is 0.493 e. The van der Waals surface area contributed by atoms with Crippen molar-refractivity contribution in [3.63, 3.8) is 0 Å². The van der Waals surface area contributed by atoms with Crippen molar-refractivity contribution in [3.8, 4) is 11.5 Å². The maximum atomic E-state index is 12.8. The van der Waals surface area contributed by atoms with Gasteiger partial charge in [-0.15, -0.1) is 0 Å². The molecule has 0 bridgehead atoms. The Hall–Kier alpha value is -3.04. The number of rotatable bonds is 6. The Labute approximate surface area is 191 Å². The van der Waals surface area contributed by atoms with Gasteiger partial charge >= 0.3 is 5.97 Å². The Bertz CT molecular complexity index is 1070. The van der Waals surface area contributed by atoms with Crippen LogP contribution in [0.5, 0.6) is 11.5 Å². The molecule has 1 aliphatic rings. The number of para-hydroxylation sites is 1. The van der Waals surface area contributed by atoms with Crippen molar-refractivity contribution < 1.29 is 28.6 Å². The van der Waals surface area contributed by atoms with Crippen molar-refractivity contribution in [2.45, 2.75) is 13.0 Å². The van der Waals surface area contributed by atoms with E-state index in [9.17, 15) is 14.4 Å². The smallest absolute Gasteiger partial charge is 0.346 e. The molecule has 3 rings (SSSR count). The van der Waals surface area contributed by atoms with Gasteiger partial charge in [-0.1, -0.05) is 29.8 Å². The fourth-order valence-electron chi connectivity index (χ4n) is 2.83. The van der Waals surface area contributed by atoms with Gasteiger partial charge < -0.3 is 14.2 Å². The Morgan fingerprint density at radius 3 is 2.52 bits per heavy atom. The number of carbonyl (C=O) groups is 3. The van der Waals surface area contributed by atoms with Gasteiger partial charge in [0.1, 0.15) is 10.6 Å². The number of carbonyl (C=O) groups excluding carboxylic acids is 3. The fourth-order valence-corrected chi connectivity index (χ4v) is 3.49. The Kier molecular flexibility index (Phi) is 6.87. The number of nitrogens with zero attached hydrogens (tertiary/aromatic N) is 1. The SMILES string of the molecule is COC(=O)[C@@H](C)Oc1c(OC)cc(/C=C2/C(=O)NN(c3ccccc3)C2=O)c(Br)c1Cl. The summed E-state index contributed by atoms with van der Waals surface area (Å²) in [7, 11) is 2.64. The summed E-state index contributed by atoms with van der Waals surface area (Å²) in [6.07, 6.45) is 0.459. The van der Waals surface area contributed by atoms with Crippen LogP contribution in [0.15, 0.2) is 46.4 Å². The van der Waals surface area contributed by atoms with Crippen molar-refractivity contribution in [2.24, 2.45) is 0 Å². The normalized spacial score (nSPS) is 15.6. The summed E-state index contributed by atoms with van der Waals surface area (Å²) in [6, 6.07) is 10.3. The first-order valence-corrected chi connectivity index (χ1v) is 10.2. The van der Waals surface area contributed by atoms with Crippen LogP contribution in [-0.4, -0.2) is 38.1 Å². The third kappa shape index (κ3) is 4.52. The highest BCUT2D eigenvalue weighted by atomic mass is 79.9. The van der Waals surface area contributed by atoms with Crippen LogP contribution < -0.4 is 19.9 Å². The molecule has 31 heavy (non-hydrogen) atoms. The van der Waals surface area contributed by atoms with E-state index in [2.05, 4.69) is 26.1 Å². The first kappa shape index (κ1) is 22.6. The summed E-state index contributed by atoms with van der Waals surface area (Å²) >= 11 is 9.79. The third-order valence-corrected chi connectivity index (χ3v) is 5.85. The Balaban J connectivity index is 1.99. The van der Waals surface area contributed by atoms with Crippen LogP contribution in [0.2, 0.25) is 5.02 Å². The van der Waals surface area contributed by atoms with Gasteiger partial charge in [0, 0.05) is 4.47 Å². The van der Waals surface area contributed by atoms with Gasteiger partial charge in [-0.25, -0.2) is 9.80 Å². The maximum Gasteiger partial charge on any atom is 0.346 e. The number of esters is 1. The van der Waals surface area contributed by atoms with E-state index in [0.717, 1.165) is 5.01 Å². The number of amides is 2. The van der Waals surface area contributed by atoms with Crippen molar-refractivity contribution in [1.29, 1.82) is 0 Å². The minimum atomic E-state index is -0.936. The van der Waals surface area contributed by atoms with E-state index in [1.54, 1.807) is 30.3 Å². The molecule has 0 aliphatic carbocycles. The number of ether oxygens (including phenoxy) is 3. The third-order valence-electron chi connectivity index (χ3n) is 4.41. The molecule has 1 atom stereocenters. The molecule has 162 valence electrons.